The Bertz CT molecular complexity index is 60.5. The van der Waals surface area contributed by atoms with E-state index in [9.17, 15) is 0 Å². The third kappa shape index (κ3) is 17.7. The monoisotopic (exact) mass is 310 g/mol. The molecule has 0 aromatic heterocycles. The molecule has 0 aromatic carbocycles. The average Bonchev–Trinajstić information content (AvgIpc) is 1.89. The van der Waals surface area contributed by atoms with Gasteiger partial charge in [-0.25, -0.2) is 0 Å². The third-order valence-corrected chi connectivity index (χ3v) is 2.00. The maximum absolute atomic E-state index is 2.34. The predicted octanol–water partition coefficient (Wildman–Crippen LogP) is -2.76. The van der Waals surface area contributed by atoms with E-state index in [1.54, 1.807) is 0 Å². The Labute approximate surface area is 115 Å². The van der Waals surface area contributed by atoms with Crippen molar-refractivity contribution in [2.24, 2.45) is 5.92 Å². The molecule has 0 N–H and O–H groups in total. The van der Waals surface area contributed by atoms with Gasteiger partial charge >= 0.3 is 23.1 Å². The summed E-state index contributed by atoms with van der Waals surface area (Å²) in [6.45, 7) is 6.88. The van der Waals surface area contributed by atoms with Crippen molar-refractivity contribution in [2.45, 2.75) is 52.9 Å². The first-order valence-corrected chi connectivity index (χ1v) is 4.31. The predicted molar refractivity (Wildman–Crippen MR) is 49.4 cm³/mol. The second-order valence-corrected chi connectivity index (χ2v) is 3.01. The molecule has 0 spiro atoms. The Morgan fingerprint density at radius 2 is 1.50 bits per heavy atom. The molecule has 1 unspecified atom stereocenters. The Morgan fingerprint density at radius 1 is 1.00 bits per heavy atom. The van der Waals surface area contributed by atoms with Gasteiger partial charge in [0.1, 0.15) is 0 Å². The maximum Gasteiger partial charge on any atom is 2.00 e. The van der Waals surface area contributed by atoms with E-state index in [1.807, 2.05) is 0 Å². The number of hydrogen-bond acceptors (Lipinski definition) is 0. The summed E-state index contributed by atoms with van der Waals surface area (Å²) >= 11 is 0. The first kappa shape index (κ1) is 23.5. The van der Waals surface area contributed by atoms with Gasteiger partial charge in [-0.05, 0) is 5.92 Å². The van der Waals surface area contributed by atoms with E-state index in [2.05, 4.69) is 20.8 Å². The van der Waals surface area contributed by atoms with Crippen LogP contribution < -0.4 is 34.0 Å². The molecular formula is C9H20Br2Mg. The van der Waals surface area contributed by atoms with Gasteiger partial charge in [-0.15, -0.1) is 0 Å². The van der Waals surface area contributed by atoms with E-state index in [1.165, 1.54) is 32.1 Å². The van der Waals surface area contributed by atoms with Gasteiger partial charge in [-0.1, -0.05) is 52.9 Å². The van der Waals surface area contributed by atoms with Gasteiger partial charge in [0.2, 0.25) is 0 Å². The third-order valence-electron chi connectivity index (χ3n) is 2.00. The molecule has 0 radical (unpaired) electrons. The summed E-state index contributed by atoms with van der Waals surface area (Å²) in [4.78, 5) is 0. The quantitative estimate of drug-likeness (QED) is 0.381. The minimum atomic E-state index is 0. The molecule has 0 heterocycles. The normalized spacial score (nSPS) is 10.2. The van der Waals surface area contributed by atoms with Crippen LogP contribution >= 0.6 is 0 Å². The van der Waals surface area contributed by atoms with E-state index in [-0.39, 0.29) is 57.0 Å². The van der Waals surface area contributed by atoms with Gasteiger partial charge in [0.25, 0.3) is 0 Å². The zero-order valence-corrected chi connectivity index (χ0v) is 13.2. The van der Waals surface area contributed by atoms with Crippen LogP contribution in [0.3, 0.4) is 0 Å². The van der Waals surface area contributed by atoms with Crippen molar-refractivity contribution in [2.75, 3.05) is 0 Å². The van der Waals surface area contributed by atoms with E-state index in [0.717, 1.165) is 5.92 Å². The van der Waals surface area contributed by atoms with Crippen LogP contribution in [0.4, 0.5) is 0 Å². The number of hydrogen-bond donors (Lipinski definition) is 0. The molecule has 0 aromatic rings. The van der Waals surface area contributed by atoms with Crippen molar-refractivity contribution in [3.05, 3.63) is 0 Å². The zero-order valence-electron chi connectivity index (χ0n) is 8.58. The zero-order chi connectivity index (χ0) is 7.11. The molecule has 0 rings (SSSR count). The van der Waals surface area contributed by atoms with Crippen LogP contribution in [0.25, 0.3) is 0 Å². The average molecular weight is 312 g/mol. The smallest absolute Gasteiger partial charge is 1.00 e. The van der Waals surface area contributed by atoms with E-state index in [0.29, 0.717) is 0 Å². The fourth-order valence-electron chi connectivity index (χ4n) is 0.947. The Balaban J connectivity index is -0.000000107. The van der Waals surface area contributed by atoms with Crippen molar-refractivity contribution in [1.82, 2.24) is 0 Å². The minimum absolute atomic E-state index is 0. The summed E-state index contributed by atoms with van der Waals surface area (Å²) < 4.78 is 0. The second kappa shape index (κ2) is 18.5. The molecule has 0 saturated heterocycles. The van der Waals surface area contributed by atoms with Crippen LogP contribution in [0, 0.1) is 5.92 Å². The van der Waals surface area contributed by atoms with Crippen LogP contribution in [0.15, 0.2) is 0 Å². The topological polar surface area (TPSA) is 0 Å². The molecule has 0 aliphatic heterocycles. The summed E-state index contributed by atoms with van der Waals surface area (Å²) in [7, 11) is 0. The summed E-state index contributed by atoms with van der Waals surface area (Å²) in [6.07, 6.45) is 7.00. The molecule has 1 atom stereocenters. The summed E-state index contributed by atoms with van der Waals surface area (Å²) in [5, 5.41) is 0. The molecule has 72 valence electrons. The fraction of sp³-hybridized carbons (Fsp3) is 1.00. The first-order valence-electron chi connectivity index (χ1n) is 4.31. The summed E-state index contributed by atoms with van der Waals surface area (Å²) in [5.74, 6) is 0.955. The van der Waals surface area contributed by atoms with E-state index < -0.39 is 0 Å². The molecule has 12 heavy (non-hydrogen) atoms. The summed E-state index contributed by atoms with van der Waals surface area (Å²) in [6, 6.07) is 0. The van der Waals surface area contributed by atoms with Crippen LogP contribution in [0.5, 0.6) is 0 Å². The van der Waals surface area contributed by atoms with Gasteiger partial charge in [-0.2, -0.15) is 0 Å². The fourth-order valence-corrected chi connectivity index (χ4v) is 0.947. The Morgan fingerprint density at radius 3 is 1.83 bits per heavy atom. The van der Waals surface area contributed by atoms with Crippen LogP contribution in [0.1, 0.15) is 52.9 Å². The molecule has 0 bridgehead atoms. The first-order chi connectivity index (χ1) is 4.31. The number of halogens is 2. The van der Waals surface area contributed by atoms with Crippen LogP contribution in [-0.2, 0) is 0 Å². The molecule has 0 aliphatic carbocycles. The number of rotatable bonds is 5. The van der Waals surface area contributed by atoms with E-state index >= 15 is 0 Å². The SMILES string of the molecule is CCCCCC(C)CC.[Br-].[Br-].[Mg+2]. The van der Waals surface area contributed by atoms with Gasteiger partial charge < -0.3 is 34.0 Å². The van der Waals surface area contributed by atoms with Crippen molar-refractivity contribution >= 4 is 23.1 Å². The largest absolute Gasteiger partial charge is 2.00 e. The molecular weight excluding hydrogens is 292 g/mol. The molecule has 0 amide bonds. The van der Waals surface area contributed by atoms with Crippen LogP contribution in [0.2, 0.25) is 0 Å². The molecule has 3 heteroatoms. The Kier molecular flexibility index (Phi) is 36.2. The van der Waals surface area contributed by atoms with Gasteiger partial charge in [0.15, 0.2) is 0 Å². The Hall–Kier alpha value is 1.73. The minimum Gasteiger partial charge on any atom is -1.00 e. The van der Waals surface area contributed by atoms with Crippen LogP contribution in [-0.4, -0.2) is 23.1 Å². The molecule has 0 aliphatic rings. The standard InChI is InChI=1S/C9H20.2BrH.Mg/c1-4-6-7-8-9(3)5-2;;;/h9H,4-8H2,1-3H3;2*1H;/q;;;+2/p-2. The second-order valence-electron chi connectivity index (χ2n) is 3.01. The van der Waals surface area contributed by atoms with Gasteiger partial charge in [0.05, 0.1) is 0 Å². The maximum atomic E-state index is 2.34. The van der Waals surface area contributed by atoms with Crippen molar-refractivity contribution < 1.29 is 34.0 Å². The van der Waals surface area contributed by atoms with Crippen molar-refractivity contribution in [1.29, 1.82) is 0 Å². The van der Waals surface area contributed by atoms with Gasteiger partial charge in [0, 0.05) is 0 Å². The molecule has 0 saturated carbocycles. The van der Waals surface area contributed by atoms with Gasteiger partial charge in [-0.3, -0.25) is 0 Å². The van der Waals surface area contributed by atoms with E-state index in [4.69, 9.17) is 0 Å². The van der Waals surface area contributed by atoms with Crippen molar-refractivity contribution in [3.8, 4) is 0 Å². The summed E-state index contributed by atoms with van der Waals surface area (Å²) in [5.41, 5.74) is 0. The molecule has 0 fully saturated rings. The number of unbranched alkanes of at least 4 members (excludes halogenated alkanes) is 2. The van der Waals surface area contributed by atoms with Crippen molar-refractivity contribution in [3.63, 3.8) is 0 Å². The molecule has 0 nitrogen and oxygen atoms in total.